The molecule has 1 heterocycles. The fourth-order valence-corrected chi connectivity index (χ4v) is 2.48. The maximum Gasteiger partial charge on any atom is 0.342 e. The van der Waals surface area contributed by atoms with Gasteiger partial charge in [0.25, 0.3) is 5.91 Å². The Bertz CT molecular complexity index is 624. The quantitative estimate of drug-likeness (QED) is 0.832. The van der Waals surface area contributed by atoms with Gasteiger partial charge in [-0.1, -0.05) is 18.2 Å². The van der Waals surface area contributed by atoms with Crippen LogP contribution in [-0.4, -0.2) is 23.6 Å². The summed E-state index contributed by atoms with van der Waals surface area (Å²) in [4.78, 5) is 24.5. The maximum atomic E-state index is 11.7. The Hall–Kier alpha value is -2.34. The Balaban J connectivity index is 1.84. The Morgan fingerprint density at radius 3 is 2.71 bits per heavy atom. The van der Waals surface area contributed by atoms with Gasteiger partial charge < -0.3 is 15.2 Å². The van der Waals surface area contributed by atoms with E-state index in [4.69, 9.17) is 4.74 Å². The van der Waals surface area contributed by atoms with Crippen molar-refractivity contribution >= 4 is 23.2 Å². The van der Waals surface area contributed by atoms with Gasteiger partial charge in [-0.05, 0) is 30.5 Å². The molecule has 0 saturated carbocycles. The smallest absolute Gasteiger partial charge is 0.342 e. The van der Waals surface area contributed by atoms with Crippen molar-refractivity contribution in [3.8, 4) is 5.75 Å². The van der Waals surface area contributed by atoms with E-state index < -0.39 is 5.97 Å². The van der Waals surface area contributed by atoms with Gasteiger partial charge in [0.2, 0.25) is 0 Å². The predicted octanol–water partition coefficient (Wildman–Crippen LogP) is 2.49. The van der Waals surface area contributed by atoms with Crippen molar-refractivity contribution in [3.63, 3.8) is 0 Å². The molecule has 21 heavy (non-hydrogen) atoms. The highest BCUT2D eigenvalue weighted by Gasteiger charge is 2.15. The minimum atomic E-state index is -0.730. The lowest BCUT2D eigenvalue weighted by atomic mass is 10.2. The standard InChI is InChI=1S/C15H15NO4S/c1-10(13-7-4-8-21-13)16-14(18)9-20-15(19)11-5-2-3-6-12(11)17/h2-8,10,17H,9H2,1H3,(H,16,18). The molecular formula is C15H15NO4S. The number of aromatic hydroxyl groups is 1. The molecule has 110 valence electrons. The van der Waals surface area contributed by atoms with Crippen molar-refractivity contribution in [2.75, 3.05) is 6.61 Å². The van der Waals surface area contributed by atoms with Gasteiger partial charge in [0, 0.05) is 4.88 Å². The van der Waals surface area contributed by atoms with Crippen molar-refractivity contribution in [1.82, 2.24) is 5.32 Å². The number of rotatable bonds is 5. The van der Waals surface area contributed by atoms with Crippen LogP contribution in [0.5, 0.6) is 5.75 Å². The number of benzene rings is 1. The lowest BCUT2D eigenvalue weighted by molar-refractivity contribution is -0.124. The number of hydrogen-bond donors (Lipinski definition) is 2. The van der Waals surface area contributed by atoms with Crippen LogP contribution in [0.2, 0.25) is 0 Å². The molecular weight excluding hydrogens is 290 g/mol. The fraction of sp³-hybridized carbons (Fsp3) is 0.200. The molecule has 2 aromatic rings. The van der Waals surface area contributed by atoms with Crippen LogP contribution in [0.15, 0.2) is 41.8 Å². The van der Waals surface area contributed by atoms with E-state index in [9.17, 15) is 14.7 Å². The van der Waals surface area contributed by atoms with E-state index in [0.717, 1.165) is 4.88 Å². The molecule has 6 heteroatoms. The van der Waals surface area contributed by atoms with Crippen LogP contribution in [0.3, 0.4) is 0 Å². The van der Waals surface area contributed by atoms with Crippen molar-refractivity contribution < 1.29 is 19.4 Å². The summed E-state index contributed by atoms with van der Waals surface area (Å²) in [6.45, 7) is 1.47. The summed E-state index contributed by atoms with van der Waals surface area (Å²) in [6.07, 6.45) is 0. The number of phenols is 1. The minimum absolute atomic E-state index is 0.0385. The largest absolute Gasteiger partial charge is 0.507 e. The zero-order chi connectivity index (χ0) is 15.2. The SMILES string of the molecule is CC(NC(=O)COC(=O)c1ccccc1O)c1cccs1. The third kappa shape index (κ3) is 4.06. The molecule has 0 bridgehead atoms. The van der Waals surface area contributed by atoms with E-state index in [1.54, 1.807) is 23.5 Å². The average Bonchev–Trinajstić information content (AvgIpc) is 2.99. The second-order valence-corrected chi connectivity index (χ2v) is 5.38. The molecule has 1 aromatic heterocycles. The van der Waals surface area contributed by atoms with Crippen molar-refractivity contribution in [1.29, 1.82) is 0 Å². The highest BCUT2D eigenvalue weighted by Crippen LogP contribution is 2.18. The molecule has 1 atom stereocenters. The first-order valence-corrected chi connectivity index (χ1v) is 7.24. The van der Waals surface area contributed by atoms with E-state index in [-0.39, 0.29) is 29.9 Å². The molecule has 1 aromatic carbocycles. The van der Waals surface area contributed by atoms with Crippen LogP contribution in [0.1, 0.15) is 28.2 Å². The zero-order valence-electron chi connectivity index (χ0n) is 11.4. The summed E-state index contributed by atoms with van der Waals surface area (Å²) in [5.41, 5.74) is 0.0385. The number of ether oxygens (including phenoxy) is 1. The molecule has 0 aliphatic heterocycles. The molecule has 0 radical (unpaired) electrons. The number of hydrogen-bond acceptors (Lipinski definition) is 5. The first-order valence-electron chi connectivity index (χ1n) is 6.36. The molecule has 2 N–H and O–H groups in total. The number of phenolic OH excluding ortho intramolecular Hbond substituents is 1. The first kappa shape index (κ1) is 15.1. The summed E-state index contributed by atoms with van der Waals surface area (Å²) < 4.78 is 4.88. The highest BCUT2D eigenvalue weighted by atomic mass is 32.1. The van der Waals surface area contributed by atoms with Crippen molar-refractivity contribution in [3.05, 3.63) is 52.2 Å². The molecule has 0 aliphatic carbocycles. The second kappa shape index (κ2) is 6.90. The monoisotopic (exact) mass is 305 g/mol. The summed E-state index contributed by atoms with van der Waals surface area (Å²) in [5.74, 6) is -1.29. The summed E-state index contributed by atoms with van der Waals surface area (Å²) in [5, 5.41) is 14.2. The number of para-hydroxylation sites is 1. The predicted molar refractivity (Wildman–Crippen MR) is 79.3 cm³/mol. The number of carbonyl (C=O) groups excluding carboxylic acids is 2. The Morgan fingerprint density at radius 2 is 2.05 bits per heavy atom. The molecule has 5 nitrogen and oxygen atoms in total. The van der Waals surface area contributed by atoms with E-state index in [1.165, 1.54) is 12.1 Å². The number of nitrogens with one attached hydrogen (secondary N) is 1. The molecule has 0 fully saturated rings. The van der Waals surface area contributed by atoms with E-state index in [1.807, 2.05) is 24.4 Å². The Morgan fingerprint density at radius 1 is 1.29 bits per heavy atom. The van der Waals surface area contributed by atoms with E-state index in [2.05, 4.69) is 5.32 Å². The maximum absolute atomic E-state index is 11.7. The first-order chi connectivity index (χ1) is 10.1. The van der Waals surface area contributed by atoms with Crippen LogP contribution >= 0.6 is 11.3 Å². The van der Waals surface area contributed by atoms with Crippen LogP contribution in [0.25, 0.3) is 0 Å². The van der Waals surface area contributed by atoms with Gasteiger partial charge in [0.1, 0.15) is 11.3 Å². The average molecular weight is 305 g/mol. The van der Waals surface area contributed by atoms with Crippen LogP contribution in [0, 0.1) is 0 Å². The molecule has 1 unspecified atom stereocenters. The Labute approximate surface area is 126 Å². The summed E-state index contributed by atoms with van der Waals surface area (Å²) >= 11 is 1.54. The number of carbonyl (C=O) groups is 2. The van der Waals surface area contributed by atoms with E-state index >= 15 is 0 Å². The van der Waals surface area contributed by atoms with E-state index in [0.29, 0.717) is 0 Å². The topological polar surface area (TPSA) is 75.6 Å². The number of esters is 1. The van der Waals surface area contributed by atoms with Gasteiger partial charge in [-0.25, -0.2) is 4.79 Å². The van der Waals surface area contributed by atoms with Crippen molar-refractivity contribution in [2.24, 2.45) is 0 Å². The summed E-state index contributed by atoms with van der Waals surface area (Å²) in [6, 6.07) is 9.71. The lowest BCUT2D eigenvalue weighted by Gasteiger charge is -2.12. The van der Waals surface area contributed by atoms with Gasteiger partial charge in [-0.2, -0.15) is 0 Å². The third-order valence-electron chi connectivity index (χ3n) is 2.81. The van der Waals surface area contributed by atoms with Gasteiger partial charge in [0.15, 0.2) is 6.61 Å². The molecule has 0 saturated heterocycles. The fourth-order valence-electron chi connectivity index (χ4n) is 1.75. The number of thiophene rings is 1. The normalized spacial score (nSPS) is 11.7. The van der Waals surface area contributed by atoms with Gasteiger partial charge in [-0.3, -0.25) is 4.79 Å². The third-order valence-corrected chi connectivity index (χ3v) is 3.86. The minimum Gasteiger partial charge on any atom is -0.507 e. The zero-order valence-corrected chi connectivity index (χ0v) is 12.2. The van der Waals surface area contributed by atoms with Gasteiger partial charge in [-0.15, -0.1) is 11.3 Å². The molecule has 1 amide bonds. The summed E-state index contributed by atoms with van der Waals surface area (Å²) in [7, 11) is 0. The highest BCUT2D eigenvalue weighted by molar-refractivity contribution is 7.10. The van der Waals surface area contributed by atoms with Gasteiger partial charge >= 0.3 is 5.97 Å². The molecule has 0 aliphatic rings. The van der Waals surface area contributed by atoms with Crippen LogP contribution < -0.4 is 5.32 Å². The van der Waals surface area contributed by atoms with Crippen molar-refractivity contribution in [2.45, 2.75) is 13.0 Å². The van der Waals surface area contributed by atoms with Crippen LogP contribution in [-0.2, 0) is 9.53 Å². The second-order valence-electron chi connectivity index (χ2n) is 4.40. The van der Waals surface area contributed by atoms with Crippen LogP contribution in [0.4, 0.5) is 0 Å². The molecule has 2 rings (SSSR count). The van der Waals surface area contributed by atoms with Gasteiger partial charge in [0.05, 0.1) is 6.04 Å². The Kier molecular flexibility index (Phi) is 4.94. The lowest BCUT2D eigenvalue weighted by Crippen LogP contribution is -2.30. The molecule has 0 spiro atoms. The number of amides is 1.